The van der Waals surface area contributed by atoms with Crippen molar-refractivity contribution >= 4 is 46.9 Å². The molecule has 0 heterocycles. The van der Waals surface area contributed by atoms with Gasteiger partial charge in [0, 0.05) is 0 Å². The molecule has 0 spiro atoms. The van der Waals surface area contributed by atoms with Crippen molar-refractivity contribution in [3.63, 3.8) is 0 Å². The van der Waals surface area contributed by atoms with Crippen molar-refractivity contribution in [2.45, 2.75) is 3.79 Å². The molecule has 1 N–H and O–H groups in total. The number of rotatable bonds is 3. The maximum Gasteiger partial charge on any atom is 0.339 e. The molecular weight excluding hydrogens is 322 g/mol. The summed E-state index contributed by atoms with van der Waals surface area (Å²) in [5, 5.41) is 25.5. The molecule has 0 aliphatic rings. The van der Waals surface area contributed by atoms with Crippen LogP contribution in [0.2, 0.25) is 0 Å². The molecule has 0 aromatic heterocycles. The summed E-state index contributed by atoms with van der Waals surface area (Å²) in [6.07, 6.45) is -2.33. The van der Waals surface area contributed by atoms with Crippen molar-refractivity contribution in [2.24, 2.45) is 0 Å². The van der Waals surface area contributed by atoms with Gasteiger partial charge in [-0.2, -0.15) is 0 Å². The number of hydrogen-bond donors (Lipinski definition) is 1. The monoisotopic (exact) mass is 328 g/mol. The van der Waals surface area contributed by atoms with E-state index in [1.807, 2.05) is 0 Å². The average Bonchev–Trinajstić information content (AvgIpc) is 2.25. The second-order valence-electron chi connectivity index (χ2n) is 2.96. The third kappa shape index (κ3) is 9.24. The van der Waals surface area contributed by atoms with Crippen LogP contribution in [0.5, 0.6) is 5.75 Å². The van der Waals surface area contributed by atoms with E-state index in [1.54, 1.807) is 12.1 Å². The molecule has 0 atom stereocenters. The standard InChI is InChI=1S/C9H7Cl3O3.CH2O3/c10-9(11,12)5-15-7-4-2-1-3-6(7)8(13)14;2-1(3)4/h1-4H,5H2,(H,13,14);(H2,2,3,4)/p-2. The van der Waals surface area contributed by atoms with Crippen LogP contribution in [0.25, 0.3) is 0 Å². The van der Waals surface area contributed by atoms with E-state index in [0.29, 0.717) is 0 Å². The normalized spacial score (nSPS) is 10.1. The van der Waals surface area contributed by atoms with E-state index >= 15 is 0 Å². The molecule has 0 aliphatic heterocycles. The first kappa shape index (κ1) is 17.6. The van der Waals surface area contributed by atoms with Crippen LogP contribution in [-0.4, -0.2) is 27.6 Å². The van der Waals surface area contributed by atoms with Crippen LogP contribution >= 0.6 is 34.8 Å². The zero-order valence-corrected chi connectivity index (χ0v) is 11.4. The summed E-state index contributed by atoms with van der Waals surface area (Å²) in [4.78, 5) is 19.1. The number of carboxylic acids is 1. The Hall–Kier alpha value is -1.37. The quantitative estimate of drug-likeness (QED) is 0.817. The molecule has 6 nitrogen and oxygen atoms in total. The SMILES string of the molecule is O=C(O)c1ccccc1OCC(Cl)(Cl)Cl.O=C([O-])[O-]. The first-order chi connectivity index (χ1) is 8.63. The Morgan fingerprint density at radius 3 is 2.11 bits per heavy atom. The third-order valence-corrected chi connectivity index (χ3v) is 1.84. The summed E-state index contributed by atoms with van der Waals surface area (Å²) < 4.78 is 3.52. The van der Waals surface area contributed by atoms with E-state index in [-0.39, 0.29) is 17.9 Å². The number of hydrogen-bond acceptors (Lipinski definition) is 5. The Labute approximate surface area is 123 Å². The molecule has 9 heteroatoms. The number of carbonyl (C=O) groups excluding carboxylic acids is 1. The van der Waals surface area contributed by atoms with Crippen molar-refractivity contribution in [1.82, 2.24) is 0 Å². The van der Waals surface area contributed by atoms with Gasteiger partial charge in [-0.25, -0.2) is 4.79 Å². The fraction of sp³-hybridized carbons (Fsp3) is 0.200. The van der Waals surface area contributed by atoms with Crippen LogP contribution in [0.1, 0.15) is 10.4 Å². The highest BCUT2D eigenvalue weighted by molar-refractivity contribution is 6.67. The topological polar surface area (TPSA) is 110 Å². The van der Waals surface area contributed by atoms with E-state index in [2.05, 4.69) is 0 Å². The van der Waals surface area contributed by atoms with E-state index < -0.39 is 15.9 Å². The Kier molecular flexibility index (Phi) is 7.36. The minimum absolute atomic E-state index is 0.0340. The van der Waals surface area contributed by atoms with Crippen molar-refractivity contribution in [2.75, 3.05) is 6.61 Å². The van der Waals surface area contributed by atoms with Gasteiger partial charge in [-0.05, 0) is 18.3 Å². The summed E-state index contributed by atoms with van der Waals surface area (Å²) in [6.45, 7) is -0.206. The lowest BCUT2D eigenvalue weighted by Gasteiger charge is -2.13. The lowest BCUT2D eigenvalue weighted by atomic mass is 10.2. The minimum atomic E-state index is -2.33. The smallest absolute Gasteiger partial charge is 0.339 e. The number of halogens is 3. The molecule has 0 aliphatic carbocycles. The Balaban J connectivity index is 0.000000711. The van der Waals surface area contributed by atoms with Crippen LogP contribution in [0, 0.1) is 0 Å². The largest absolute Gasteiger partial charge is 0.652 e. The van der Waals surface area contributed by atoms with Crippen molar-refractivity contribution in [3.8, 4) is 5.75 Å². The summed E-state index contributed by atoms with van der Waals surface area (Å²) in [7, 11) is 0. The highest BCUT2D eigenvalue weighted by Crippen LogP contribution is 2.28. The summed E-state index contributed by atoms with van der Waals surface area (Å²) >= 11 is 16.4. The molecule has 0 radical (unpaired) electrons. The third-order valence-electron chi connectivity index (χ3n) is 1.51. The number of aromatic carboxylic acids is 1. The average molecular weight is 330 g/mol. The van der Waals surface area contributed by atoms with Crippen LogP contribution in [0.4, 0.5) is 4.79 Å². The van der Waals surface area contributed by atoms with Gasteiger partial charge in [0.25, 0.3) is 0 Å². The fourth-order valence-electron chi connectivity index (χ4n) is 0.929. The molecule has 0 bridgehead atoms. The molecule has 19 heavy (non-hydrogen) atoms. The number of carbonyl (C=O) groups is 2. The zero-order valence-electron chi connectivity index (χ0n) is 9.14. The van der Waals surface area contributed by atoms with Gasteiger partial charge >= 0.3 is 5.97 Å². The first-order valence-electron chi connectivity index (χ1n) is 4.53. The molecule has 0 unspecified atom stereocenters. The van der Waals surface area contributed by atoms with E-state index in [9.17, 15) is 4.79 Å². The number of para-hydroxylation sites is 1. The van der Waals surface area contributed by atoms with Crippen LogP contribution in [-0.2, 0) is 0 Å². The number of alkyl halides is 3. The molecule has 0 saturated carbocycles. The van der Waals surface area contributed by atoms with Crippen molar-refractivity contribution in [1.29, 1.82) is 0 Å². The van der Waals surface area contributed by atoms with Gasteiger partial charge in [0.05, 0.1) is 0 Å². The summed E-state index contributed by atoms with van der Waals surface area (Å²) in [6, 6.07) is 6.14. The maximum absolute atomic E-state index is 10.8. The second kappa shape index (κ2) is 7.93. The molecule has 0 amide bonds. The molecule has 0 fully saturated rings. The maximum atomic E-state index is 10.8. The number of benzene rings is 1. The van der Waals surface area contributed by atoms with Crippen molar-refractivity contribution < 1.29 is 29.6 Å². The van der Waals surface area contributed by atoms with Crippen LogP contribution in [0.3, 0.4) is 0 Å². The highest BCUT2D eigenvalue weighted by Gasteiger charge is 2.21. The molecule has 1 aromatic rings. The van der Waals surface area contributed by atoms with Gasteiger partial charge < -0.3 is 24.9 Å². The predicted octanol–water partition coefficient (Wildman–Crippen LogP) is 0.687. The number of carboxylic acid groups (broad SMARTS) is 3. The van der Waals surface area contributed by atoms with E-state index in [4.69, 9.17) is 59.7 Å². The van der Waals surface area contributed by atoms with Gasteiger partial charge in [0.15, 0.2) is 0 Å². The van der Waals surface area contributed by atoms with Crippen molar-refractivity contribution in [3.05, 3.63) is 29.8 Å². The molecule has 1 aromatic carbocycles. The second-order valence-corrected chi connectivity index (χ2v) is 5.47. The van der Waals surface area contributed by atoms with Crippen LogP contribution in [0.15, 0.2) is 24.3 Å². The van der Waals surface area contributed by atoms with E-state index in [0.717, 1.165) is 0 Å². The Morgan fingerprint density at radius 1 is 1.21 bits per heavy atom. The molecular formula is C10H7Cl3O6-2. The molecule has 1 rings (SSSR count). The minimum Gasteiger partial charge on any atom is -0.652 e. The molecule has 0 saturated heterocycles. The Bertz CT molecular complexity index is 439. The van der Waals surface area contributed by atoms with Gasteiger partial charge in [-0.15, -0.1) is 0 Å². The van der Waals surface area contributed by atoms with E-state index in [1.165, 1.54) is 12.1 Å². The lowest BCUT2D eigenvalue weighted by molar-refractivity contribution is -0.415. The lowest BCUT2D eigenvalue weighted by Crippen LogP contribution is -2.37. The summed E-state index contributed by atoms with van der Waals surface area (Å²) in [5.41, 5.74) is 0.0340. The zero-order chi connectivity index (χ0) is 15.1. The Morgan fingerprint density at radius 2 is 1.68 bits per heavy atom. The van der Waals surface area contributed by atoms with Gasteiger partial charge in [0.2, 0.25) is 3.79 Å². The predicted molar refractivity (Wildman–Crippen MR) is 64.6 cm³/mol. The molecule has 106 valence electrons. The fourth-order valence-corrected chi connectivity index (χ4v) is 1.09. The number of ether oxygens (including phenoxy) is 1. The highest BCUT2D eigenvalue weighted by atomic mass is 35.6. The summed E-state index contributed by atoms with van der Waals surface area (Å²) in [5.74, 6) is -0.911. The van der Waals surface area contributed by atoms with Crippen LogP contribution < -0.4 is 14.9 Å². The first-order valence-corrected chi connectivity index (χ1v) is 5.66. The van der Waals surface area contributed by atoms with Gasteiger partial charge in [-0.1, -0.05) is 46.9 Å². The van der Waals surface area contributed by atoms with Gasteiger partial charge in [0.1, 0.15) is 17.9 Å². The van der Waals surface area contributed by atoms with Gasteiger partial charge in [-0.3, -0.25) is 0 Å².